The minimum Gasteiger partial charge on any atom is -0.487 e. The number of carbonyl (C=O) groups is 1. The molecule has 0 aliphatic heterocycles. The Bertz CT molecular complexity index is 493. The van der Waals surface area contributed by atoms with Crippen LogP contribution in [0.2, 0.25) is 0 Å². The molecule has 1 aromatic carbocycles. The van der Waals surface area contributed by atoms with Crippen LogP contribution in [0.5, 0.6) is 5.75 Å². The van der Waals surface area contributed by atoms with Gasteiger partial charge in [0.05, 0.1) is 11.5 Å². The van der Waals surface area contributed by atoms with Gasteiger partial charge in [-0.15, -0.1) is 0 Å². The Morgan fingerprint density at radius 2 is 2.25 bits per heavy atom. The van der Waals surface area contributed by atoms with E-state index in [-0.39, 0.29) is 31.1 Å². The van der Waals surface area contributed by atoms with E-state index in [0.29, 0.717) is 0 Å². The third-order valence-corrected chi connectivity index (χ3v) is 2.40. The Kier molecular flexibility index (Phi) is 5.85. The fourth-order valence-electron chi connectivity index (χ4n) is 1.51. The fraction of sp³-hybridized carbons (Fsp3) is 0.417. The number of aliphatic carboxylic acids is 1. The molecular formula is C12H14FNO6. The second-order valence-electron chi connectivity index (χ2n) is 3.79. The topological polar surface area (TPSA) is 98.9 Å². The van der Waals surface area contributed by atoms with Crippen LogP contribution in [0.25, 0.3) is 0 Å². The standard InChI is InChI=1S/C12H14FNO6/c1-2-19-10(12(15)16)5-6-20-11-7-8(13)3-4-9(11)14(17)18/h3-4,7,10H,2,5-6H2,1H3,(H,15,16). The van der Waals surface area contributed by atoms with Crippen molar-refractivity contribution in [1.29, 1.82) is 0 Å². The minimum absolute atomic E-state index is 0.00313. The molecule has 0 fully saturated rings. The fourth-order valence-corrected chi connectivity index (χ4v) is 1.51. The summed E-state index contributed by atoms with van der Waals surface area (Å²) in [7, 11) is 0. The highest BCUT2D eigenvalue weighted by molar-refractivity contribution is 5.72. The maximum atomic E-state index is 13.0. The summed E-state index contributed by atoms with van der Waals surface area (Å²) < 4.78 is 23.1. The van der Waals surface area contributed by atoms with Gasteiger partial charge in [-0.3, -0.25) is 10.1 Å². The number of carboxylic acids is 1. The first-order valence-electron chi connectivity index (χ1n) is 5.86. The Morgan fingerprint density at radius 1 is 1.55 bits per heavy atom. The van der Waals surface area contributed by atoms with E-state index in [1.54, 1.807) is 6.92 Å². The maximum Gasteiger partial charge on any atom is 0.332 e. The van der Waals surface area contributed by atoms with Crippen molar-refractivity contribution in [3.63, 3.8) is 0 Å². The number of benzene rings is 1. The van der Waals surface area contributed by atoms with Crippen LogP contribution >= 0.6 is 0 Å². The van der Waals surface area contributed by atoms with E-state index in [0.717, 1.165) is 18.2 Å². The van der Waals surface area contributed by atoms with E-state index in [2.05, 4.69) is 0 Å². The van der Waals surface area contributed by atoms with Crippen LogP contribution in [0.3, 0.4) is 0 Å². The average molecular weight is 287 g/mol. The molecule has 0 spiro atoms. The first kappa shape index (κ1) is 15.8. The van der Waals surface area contributed by atoms with Crippen LogP contribution in [0.15, 0.2) is 18.2 Å². The van der Waals surface area contributed by atoms with Gasteiger partial charge < -0.3 is 14.6 Å². The molecule has 0 aliphatic rings. The molecule has 7 nitrogen and oxygen atoms in total. The number of halogens is 1. The predicted octanol–water partition coefficient (Wildman–Crippen LogP) is 1.99. The molecule has 0 heterocycles. The summed E-state index contributed by atoms with van der Waals surface area (Å²) in [5.41, 5.74) is -0.380. The summed E-state index contributed by atoms with van der Waals surface area (Å²) >= 11 is 0. The van der Waals surface area contributed by atoms with Crippen LogP contribution in [0.1, 0.15) is 13.3 Å². The molecule has 0 saturated carbocycles. The Labute approximate surface area is 114 Å². The van der Waals surface area contributed by atoms with E-state index in [1.807, 2.05) is 0 Å². The largest absolute Gasteiger partial charge is 0.487 e. The van der Waals surface area contributed by atoms with Crippen LogP contribution < -0.4 is 4.74 Å². The van der Waals surface area contributed by atoms with Gasteiger partial charge in [-0.05, 0) is 13.0 Å². The highest BCUT2D eigenvalue weighted by atomic mass is 19.1. The van der Waals surface area contributed by atoms with Gasteiger partial charge in [-0.2, -0.15) is 0 Å². The second-order valence-corrected chi connectivity index (χ2v) is 3.79. The third kappa shape index (κ3) is 4.47. The Balaban J connectivity index is 2.67. The molecule has 1 unspecified atom stereocenters. The number of nitro groups is 1. The summed E-state index contributed by atoms with van der Waals surface area (Å²) in [5, 5.41) is 19.6. The van der Waals surface area contributed by atoms with Crippen molar-refractivity contribution in [3.8, 4) is 5.75 Å². The lowest BCUT2D eigenvalue weighted by atomic mass is 10.2. The smallest absolute Gasteiger partial charge is 0.332 e. The van der Waals surface area contributed by atoms with Gasteiger partial charge >= 0.3 is 11.7 Å². The highest BCUT2D eigenvalue weighted by Gasteiger charge is 2.20. The molecule has 1 aromatic rings. The molecule has 0 saturated heterocycles. The lowest BCUT2D eigenvalue weighted by Gasteiger charge is -2.13. The zero-order valence-electron chi connectivity index (χ0n) is 10.7. The quantitative estimate of drug-likeness (QED) is 0.580. The van der Waals surface area contributed by atoms with Crippen molar-refractivity contribution < 1.29 is 28.7 Å². The van der Waals surface area contributed by atoms with Crippen LogP contribution in [0.4, 0.5) is 10.1 Å². The number of carboxylic acid groups (broad SMARTS) is 1. The monoisotopic (exact) mass is 287 g/mol. The molecule has 0 aliphatic carbocycles. The number of hydrogen-bond donors (Lipinski definition) is 1. The number of ether oxygens (including phenoxy) is 2. The number of hydrogen-bond acceptors (Lipinski definition) is 5. The summed E-state index contributed by atoms with van der Waals surface area (Å²) in [5.74, 6) is -2.06. The van der Waals surface area contributed by atoms with Gasteiger partial charge in [-0.1, -0.05) is 0 Å². The van der Waals surface area contributed by atoms with Gasteiger partial charge in [0, 0.05) is 25.2 Å². The second kappa shape index (κ2) is 7.39. The minimum atomic E-state index is -1.15. The normalized spacial score (nSPS) is 11.9. The molecule has 110 valence electrons. The molecule has 0 bridgehead atoms. The zero-order chi connectivity index (χ0) is 15.1. The summed E-state index contributed by atoms with van der Waals surface area (Å²) in [4.78, 5) is 20.8. The molecule has 20 heavy (non-hydrogen) atoms. The van der Waals surface area contributed by atoms with Crippen molar-refractivity contribution in [2.24, 2.45) is 0 Å². The molecule has 0 aromatic heterocycles. The molecule has 1 N–H and O–H groups in total. The predicted molar refractivity (Wildman–Crippen MR) is 66.2 cm³/mol. The SMILES string of the molecule is CCOC(CCOc1cc(F)ccc1[N+](=O)[O-])C(=O)O. The molecule has 0 radical (unpaired) electrons. The molecule has 1 atom stereocenters. The number of rotatable bonds is 8. The van der Waals surface area contributed by atoms with Crippen molar-refractivity contribution in [1.82, 2.24) is 0 Å². The zero-order valence-corrected chi connectivity index (χ0v) is 10.7. The van der Waals surface area contributed by atoms with Gasteiger partial charge in [0.25, 0.3) is 0 Å². The van der Waals surface area contributed by atoms with Gasteiger partial charge in [0.1, 0.15) is 5.82 Å². The van der Waals surface area contributed by atoms with E-state index in [4.69, 9.17) is 14.6 Å². The lowest BCUT2D eigenvalue weighted by Crippen LogP contribution is -2.26. The average Bonchev–Trinajstić information content (AvgIpc) is 2.37. The Morgan fingerprint density at radius 3 is 2.80 bits per heavy atom. The van der Waals surface area contributed by atoms with Crippen LogP contribution in [0, 0.1) is 15.9 Å². The summed E-state index contributed by atoms with van der Waals surface area (Å²) in [6, 6.07) is 2.82. The third-order valence-electron chi connectivity index (χ3n) is 2.40. The van der Waals surface area contributed by atoms with Gasteiger partial charge in [0.15, 0.2) is 11.9 Å². The van der Waals surface area contributed by atoms with E-state index >= 15 is 0 Å². The number of nitro benzene ring substituents is 1. The van der Waals surface area contributed by atoms with Crippen molar-refractivity contribution in [2.45, 2.75) is 19.4 Å². The first-order chi connectivity index (χ1) is 9.45. The van der Waals surface area contributed by atoms with E-state index in [9.17, 15) is 19.3 Å². The van der Waals surface area contributed by atoms with Crippen LogP contribution in [-0.4, -0.2) is 35.3 Å². The van der Waals surface area contributed by atoms with Gasteiger partial charge in [-0.25, -0.2) is 9.18 Å². The molecule has 8 heteroatoms. The first-order valence-corrected chi connectivity index (χ1v) is 5.86. The van der Waals surface area contributed by atoms with Crippen LogP contribution in [-0.2, 0) is 9.53 Å². The highest BCUT2D eigenvalue weighted by Crippen LogP contribution is 2.27. The van der Waals surface area contributed by atoms with Gasteiger partial charge in [0.2, 0.25) is 0 Å². The maximum absolute atomic E-state index is 13.0. The van der Waals surface area contributed by atoms with E-state index in [1.165, 1.54) is 0 Å². The number of nitrogens with zero attached hydrogens (tertiary/aromatic N) is 1. The summed E-state index contributed by atoms with van der Waals surface area (Å²) in [6.45, 7) is 1.73. The lowest BCUT2D eigenvalue weighted by molar-refractivity contribution is -0.385. The molecular weight excluding hydrogens is 273 g/mol. The summed E-state index contributed by atoms with van der Waals surface area (Å²) in [6.07, 6.45) is -1.07. The Hall–Kier alpha value is -2.22. The van der Waals surface area contributed by atoms with Crippen molar-refractivity contribution >= 4 is 11.7 Å². The molecule has 0 amide bonds. The van der Waals surface area contributed by atoms with E-state index < -0.39 is 22.8 Å². The van der Waals surface area contributed by atoms with Crippen molar-refractivity contribution in [3.05, 3.63) is 34.1 Å². The van der Waals surface area contributed by atoms with Crippen molar-refractivity contribution in [2.75, 3.05) is 13.2 Å². The molecule has 1 rings (SSSR count).